The number of hydrogen-bond acceptors (Lipinski definition) is 13. The molecule has 0 heterocycles. The molecule has 0 aliphatic carbocycles. The molecule has 488 valence electrons. The smallest absolute Gasteiger partial charge is 0.369 e. The largest absolute Gasteiger partial charge is 0.508 e. The normalized spacial score (nSPS) is 11.0. The Balaban J connectivity index is 0.000000389. The fourth-order valence-corrected chi connectivity index (χ4v) is 12.5. The number of benzene rings is 7. The van der Waals surface area contributed by atoms with Crippen molar-refractivity contribution in [2.75, 3.05) is 47.8 Å². The molecule has 0 radical (unpaired) electrons. The van der Waals surface area contributed by atoms with Crippen LogP contribution in [0.4, 0.5) is 0 Å². The van der Waals surface area contributed by atoms with Crippen LogP contribution in [0.15, 0.2) is 200 Å². The van der Waals surface area contributed by atoms with E-state index in [9.17, 15) is 24.0 Å². The molecule has 0 fully saturated rings. The first kappa shape index (κ1) is 79.9. The van der Waals surface area contributed by atoms with Gasteiger partial charge in [-0.2, -0.15) is 0 Å². The van der Waals surface area contributed by atoms with Crippen LogP contribution >= 0.6 is 54.2 Å². The number of ether oxygens (including phenoxy) is 7. The zero-order chi connectivity index (χ0) is 67.4. The zero-order valence-corrected chi connectivity index (χ0v) is 59.9. The molecule has 7 rings (SSSR count). The summed E-state index contributed by atoms with van der Waals surface area (Å²) in [5.74, 6) is 4.49. The van der Waals surface area contributed by atoms with Gasteiger partial charge in [-0.25, -0.2) is 9.59 Å². The number of hydrogen-bond donors (Lipinski definition) is 1. The molecule has 0 spiro atoms. The molecule has 7 aromatic carbocycles. The summed E-state index contributed by atoms with van der Waals surface area (Å²) in [6.07, 6.45) is 5.39. The van der Waals surface area contributed by atoms with E-state index in [1.54, 1.807) is 53.1 Å². The fourth-order valence-electron chi connectivity index (χ4n) is 8.88. The van der Waals surface area contributed by atoms with Gasteiger partial charge in [-0.1, -0.05) is 159 Å². The Morgan fingerprint density at radius 3 is 1.08 bits per heavy atom. The van der Waals surface area contributed by atoms with Crippen molar-refractivity contribution in [1.82, 2.24) is 0 Å². The van der Waals surface area contributed by atoms with Gasteiger partial charge in [0.05, 0.1) is 47.8 Å². The molecule has 18 heteroatoms. The Hall–Kier alpha value is -7.17. The maximum absolute atomic E-state index is 12.5. The third-order valence-corrected chi connectivity index (χ3v) is 16.8. The lowest BCUT2D eigenvalue weighted by atomic mass is 9.98. The van der Waals surface area contributed by atoms with Gasteiger partial charge in [-0.15, -0.1) is 47.3 Å². The molecule has 1 N–H and O–H groups in total. The standard InChI is InChI=1S/C22H21O2P.C14H20O3.C14H18O3.C13H18O3.C10H12O2.BBr3/c1-2-24-22(23)18-25(19-12-6-3-7-13-19,20-14-8-4-9-15-20)21-16-10-5-11-17-21;2*1-4-17-14(15)10-11(2)9-12-5-7-13(16-3)8-6-12;1-3-16-13(15)9-10(2)8-11-4-6-12(14)7-5-11;1-8(11)7-9-3-5-10(12-2)6-4-9;2-1(3)4/h3-18H,2H2,1H3;5-8,11H,4,9-10H2,1-3H3;5-8,10H,4,9H2,1-3H3;4-7,10,14H,3,8-9H2,1-2H3;3-6H,7H2,1-2H3;/b;;11-10+;;;. The van der Waals surface area contributed by atoms with Crippen LogP contribution in [0, 0.1) is 11.8 Å². The predicted octanol–water partition coefficient (Wildman–Crippen LogP) is 15.4. The zero-order valence-electron chi connectivity index (χ0n) is 54.3. The van der Waals surface area contributed by atoms with E-state index in [1.807, 2.05) is 174 Å². The lowest BCUT2D eigenvalue weighted by Crippen LogP contribution is -2.29. The molecule has 0 amide bonds. The van der Waals surface area contributed by atoms with E-state index >= 15 is 0 Å². The highest BCUT2D eigenvalue weighted by molar-refractivity contribution is 9.69. The van der Waals surface area contributed by atoms with E-state index in [2.05, 4.69) is 90.6 Å². The molecule has 7 aromatic rings. The summed E-state index contributed by atoms with van der Waals surface area (Å²) >= 11 is 9.31. The monoisotopic (exact) mass is 1450 g/mol. The van der Waals surface area contributed by atoms with Crippen molar-refractivity contribution in [3.63, 3.8) is 0 Å². The van der Waals surface area contributed by atoms with E-state index in [0.29, 0.717) is 51.6 Å². The maximum atomic E-state index is 12.5. The van der Waals surface area contributed by atoms with Gasteiger partial charge in [-0.05, 0) is 166 Å². The van der Waals surface area contributed by atoms with Gasteiger partial charge in [0.1, 0.15) is 28.8 Å². The van der Waals surface area contributed by atoms with Crippen molar-refractivity contribution in [1.29, 1.82) is 0 Å². The molecule has 0 aliphatic rings. The summed E-state index contributed by atoms with van der Waals surface area (Å²) in [6.45, 7) is 14.3. The van der Waals surface area contributed by atoms with Crippen molar-refractivity contribution < 1.29 is 62.2 Å². The number of methoxy groups -OCH3 is 3. The minimum atomic E-state index is -2.24. The van der Waals surface area contributed by atoms with E-state index < -0.39 is 6.89 Å². The van der Waals surface area contributed by atoms with Gasteiger partial charge < -0.3 is 38.3 Å². The van der Waals surface area contributed by atoms with E-state index in [1.165, 1.54) is 11.6 Å². The Morgan fingerprint density at radius 2 is 0.758 bits per heavy atom. The number of halogens is 3. The molecule has 91 heavy (non-hydrogen) atoms. The maximum Gasteiger partial charge on any atom is 0.369 e. The molecule has 0 saturated carbocycles. The van der Waals surface area contributed by atoms with Gasteiger partial charge in [0, 0.05) is 31.1 Å². The predicted molar refractivity (Wildman–Crippen MR) is 384 cm³/mol. The molecule has 2 atom stereocenters. The molecular formula is C73H89BBr3O13P. The van der Waals surface area contributed by atoms with Crippen molar-refractivity contribution in [2.24, 2.45) is 11.8 Å². The number of phenolic OH excluding ortho intramolecular Hbond substituents is 1. The quantitative estimate of drug-likeness (QED) is 0.0199. The average Bonchev–Trinajstić information content (AvgIpc) is 0.941. The topological polar surface area (TPSA) is 170 Å². The second kappa shape index (κ2) is 46.8. The van der Waals surface area contributed by atoms with Crippen molar-refractivity contribution >= 4 is 109 Å². The van der Waals surface area contributed by atoms with Gasteiger partial charge >= 0.3 is 27.1 Å². The Bertz CT molecular complexity index is 3140. The van der Waals surface area contributed by atoms with Crippen LogP contribution in [0.5, 0.6) is 23.0 Å². The highest BCUT2D eigenvalue weighted by Gasteiger charge is 2.27. The Labute approximate surface area is 565 Å². The lowest BCUT2D eigenvalue weighted by molar-refractivity contribution is -0.145. The highest BCUT2D eigenvalue weighted by Crippen LogP contribution is 2.43. The fraction of sp³-hybridized carbons (Fsp3) is 0.315. The number of carbonyl (C=O) groups excluding carboxylic acids is 5. The molecule has 13 nitrogen and oxygen atoms in total. The van der Waals surface area contributed by atoms with Crippen LogP contribution in [0.3, 0.4) is 0 Å². The van der Waals surface area contributed by atoms with Crippen LogP contribution in [-0.4, -0.2) is 91.5 Å². The van der Waals surface area contributed by atoms with Gasteiger partial charge in [0.25, 0.3) is 0 Å². The van der Waals surface area contributed by atoms with Gasteiger partial charge in [0.15, 0.2) is 0 Å². The number of ketones is 1. The van der Waals surface area contributed by atoms with Gasteiger partial charge in [-0.3, -0.25) is 14.4 Å². The van der Waals surface area contributed by atoms with E-state index in [-0.39, 0.29) is 44.5 Å². The van der Waals surface area contributed by atoms with Crippen LogP contribution in [-0.2, 0) is 68.6 Å². The first-order chi connectivity index (χ1) is 43.6. The number of carbonyl (C=O) groups is 5. The summed E-state index contributed by atoms with van der Waals surface area (Å²) in [5.41, 5.74) is 5.48. The first-order valence-corrected chi connectivity index (χ1v) is 34.6. The average molecular weight is 1460 g/mol. The number of allylic oxidation sites excluding steroid dienone is 1. The molecule has 2 unspecified atom stereocenters. The third kappa shape index (κ3) is 34.2. The summed E-state index contributed by atoms with van der Waals surface area (Å²) in [6, 6.07) is 61.0. The second-order valence-corrected chi connectivity index (χ2v) is 30.2. The highest BCUT2D eigenvalue weighted by atomic mass is 79.9. The number of esters is 4. The van der Waals surface area contributed by atoms with Crippen molar-refractivity contribution in [3.05, 3.63) is 222 Å². The van der Waals surface area contributed by atoms with Crippen LogP contribution in [0.2, 0.25) is 0 Å². The number of phenols is 1. The SMILES string of the molecule is BrB(Br)Br.CCOC(=O)/C=C(\C)Cc1ccc(OC)cc1.CCOC(=O)C=P(c1ccccc1)(c1ccccc1)c1ccccc1.CCOC(=O)CC(C)Cc1ccc(O)cc1.CCOC(=O)CC(C)Cc1ccc(OC)cc1.COc1ccc(CC(C)=O)cc1. The van der Waals surface area contributed by atoms with Crippen LogP contribution in [0.25, 0.3) is 0 Å². The minimum absolute atomic E-state index is 0.117. The second-order valence-electron chi connectivity index (χ2n) is 20.5. The lowest BCUT2D eigenvalue weighted by Gasteiger charge is -2.28. The van der Waals surface area contributed by atoms with Crippen molar-refractivity contribution in [2.45, 2.75) is 93.9 Å². The molecule has 0 bridgehead atoms. The molecule has 0 aliphatic heterocycles. The number of aromatic hydroxyl groups is 1. The van der Waals surface area contributed by atoms with Gasteiger partial charge in [0.2, 0.25) is 0 Å². The van der Waals surface area contributed by atoms with Crippen molar-refractivity contribution in [3.8, 4) is 23.0 Å². The summed E-state index contributed by atoms with van der Waals surface area (Å²) < 4.78 is 35.4. The Morgan fingerprint density at radius 1 is 0.451 bits per heavy atom. The van der Waals surface area contributed by atoms with Crippen LogP contribution < -0.4 is 30.1 Å². The summed E-state index contributed by atoms with van der Waals surface area (Å²) in [5, 5.41) is 12.5. The molecule has 0 saturated heterocycles. The minimum Gasteiger partial charge on any atom is -0.508 e. The number of rotatable bonds is 24. The summed E-state index contributed by atoms with van der Waals surface area (Å²) in [4.78, 5) is 57.0. The first-order valence-electron chi connectivity index (χ1n) is 30.0. The van der Waals surface area contributed by atoms with E-state index in [4.69, 9.17) is 38.3 Å². The van der Waals surface area contributed by atoms with E-state index in [0.717, 1.165) is 74.7 Å². The summed E-state index contributed by atoms with van der Waals surface area (Å²) in [7, 11) is 4.92. The molecule has 0 aromatic heterocycles. The number of Topliss-reactive ketones (excluding diaryl/α,β-unsaturated/α-hetero) is 1. The molecular weight excluding hydrogens is 1370 g/mol. The third-order valence-electron chi connectivity index (χ3n) is 12.9. The van der Waals surface area contributed by atoms with Crippen LogP contribution in [0.1, 0.15) is 90.5 Å². The Kier molecular flexibility index (Phi) is 41.1.